The molecule has 138 valence electrons. The van der Waals surface area contributed by atoms with Crippen LogP contribution in [0.5, 0.6) is 0 Å². The summed E-state index contributed by atoms with van der Waals surface area (Å²) in [5.41, 5.74) is 2.04. The smallest absolute Gasteiger partial charge is 0.173 e. The lowest BCUT2D eigenvalue weighted by molar-refractivity contribution is -0.910. The number of likely N-dealkylation sites (N-methyl/N-ethyl adjacent to an activating group) is 1. The molecule has 0 aliphatic carbocycles. The summed E-state index contributed by atoms with van der Waals surface area (Å²) in [6.07, 6.45) is 5.26. The number of aryl methyl sites for hydroxylation is 1. The van der Waals surface area contributed by atoms with Crippen LogP contribution >= 0.6 is 23.8 Å². The second kappa shape index (κ2) is 8.67. The number of thiocarbonyl (C=S) groups is 1. The van der Waals surface area contributed by atoms with Gasteiger partial charge in [-0.15, -0.1) is 0 Å². The van der Waals surface area contributed by atoms with Gasteiger partial charge in [0.05, 0.1) is 13.1 Å². The van der Waals surface area contributed by atoms with Crippen molar-refractivity contribution in [2.45, 2.75) is 44.8 Å². The third-order valence-corrected chi connectivity index (χ3v) is 6.24. The number of halogens is 1. The van der Waals surface area contributed by atoms with Crippen molar-refractivity contribution in [3.05, 3.63) is 28.8 Å². The first-order valence-corrected chi connectivity index (χ1v) is 10.1. The van der Waals surface area contributed by atoms with Gasteiger partial charge in [0, 0.05) is 43.2 Å². The fourth-order valence-corrected chi connectivity index (χ4v) is 4.26. The number of quaternary nitrogens is 1. The lowest BCUT2D eigenvalue weighted by Crippen LogP contribution is -3.14. The maximum atomic E-state index is 6.20. The van der Waals surface area contributed by atoms with Crippen LogP contribution in [0.25, 0.3) is 0 Å². The molecule has 2 N–H and O–H groups in total. The van der Waals surface area contributed by atoms with Crippen molar-refractivity contribution in [3.8, 4) is 0 Å². The first-order valence-electron chi connectivity index (χ1n) is 9.29. The Balaban J connectivity index is 1.46. The molecule has 2 aliphatic heterocycles. The normalized spacial score (nSPS) is 22.8. The van der Waals surface area contributed by atoms with E-state index in [1.54, 1.807) is 4.90 Å². The highest BCUT2D eigenvalue weighted by Gasteiger charge is 2.29. The third kappa shape index (κ3) is 5.07. The minimum absolute atomic E-state index is 0.465. The molecule has 0 radical (unpaired) electrons. The molecule has 2 aliphatic rings. The number of benzene rings is 1. The third-order valence-electron chi connectivity index (χ3n) is 5.48. The number of nitrogens with one attached hydrogen (secondary N) is 2. The van der Waals surface area contributed by atoms with E-state index in [1.807, 2.05) is 25.1 Å². The molecule has 1 aromatic carbocycles. The van der Waals surface area contributed by atoms with Crippen LogP contribution in [0.15, 0.2) is 18.2 Å². The Morgan fingerprint density at radius 2 is 2.12 bits per heavy atom. The molecule has 2 heterocycles. The van der Waals surface area contributed by atoms with Crippen LogP contribution < -0.4 is 10.2 Å². The molecule has 1 aromatic rings. The van der Waals surface area contributed by atoms with Gasteiger partial charge in [0.2, 0.25) is 0 Å². The van der Waals surface area contributed by atoms with E-state index in [2.05, 4.69) is 17.3 Å². The average molecular weight is 383 g/mol. The van der Waals surface area contributed by atoms with Gasteiger partial charge in [0.25, 0.3) is 0 Å². The molecular weight excluding hydrogens is 354 g/mol. The summed E-state index contributed by atoms with van der Waals surface area (Å²) in [5.74, 6) is 0. The van der Waals surface area contributed by atoms with Gasteiger partial charge in [-0.25, -0.2) is 0 Å². The molecule has 2 fully saturated rings. The molecule has 25 heavy (non-hydrogen) atoms. The van der Waals surface area contributed by atoms with E-state index in [9.17, 15) is 0 Å². The van der Waals surface area contributed by atoms with Crippen LogP contribution in [-0.4, -0.2) is 55.4 Å². The summed E-state index contributed by atoms with van der Waals surface area (Å²) in [4.78, 5) is 3.88. The molecule has 0 aromatic heterocycles. The van der Waals surface area contributed by atoms with Gasteiger partial charge < -0.3 is 19.9 Å². The lowest BCUT2D eigenvalue weighted by atomic mass is 10.0. The Morgan fingerprint density at radius 1 is 1.36 bits per heavy atom. The predicted octanol–water partition coefficient (Wildman–Crippen LogP) is 2.50. The fourth-order valence-electron chi connectivity index (χ4n) is 3.78. The predicted molar refractivity (Wildman–Crippen MR) is 108 cm³/mol. The molecular formula is C19H29ClN3OS+. The molecule has 2 atom stereocenters. The first kappa shape index (κ1) is 18.9. The summed E-state index contributed by atoms with van der Waals surface area (Å²) < 4.78 is 5.79. The molecule has 0 amide bonds. The molecule has 4 nitrogen and oxygen atoms in total. The van der Waals surface area contributed by atoms with Gasteiger partial charge in [-0.1, -0.05) is 17.7 Å². The highest BCUT2D eigenvalue weighted by Crippen LogP contribution is 2.21. The summed E-state index contributed by atoms with van der Waals surface area (Å²) in [5, 5.41) is 4.90. The van der Waals surface area contributed by atoms with Gasteiger partial charge in [0.15, 0.2) is 5.11 Å². The largest absolute Gasteiger partial charge is 0.372 e. The standard InChI is InChI=1S/C19H28ClN3OS/c1-14-5-6-15(12-18(14)20)21-19(25)23-9-7-16(8-10-23)22(2)13-17-4-3-11-24-17/h5-6,12,16-17H,3-4,7-11,13H2,1-2H3,(H,21,25)/p+1. The number of likely N-dealkylation sites (tertiary alicyclic amines) is 1. The van der Waals surface area contributed by atoms with Crippen molar-refractivity contribution < 1.29 is 9.64 Å². The van der Waals surface area contributed by atoms with Crippen LogP contribution in [0.4, 0.5) is 5.69 Å². The Morgan fingerprint density at radius 3 is 2.76 bits per heavy atom. The maximum absolute atomic E-state index is 6.20. The van der Waals surface area contributed by atoms with Crippen LogP contribution in [0.1, 0.15) is 31.2 Å². The van der Waals surface area contributed by atoms with E-state index in [0.29, 0.717) is 12.1 Å². The fraction of sp³-hybridized carbons (Fsp3) is 0.632. The van der Waals surface area contributed by atoms with E-state index in [0.717, 1.165) is 47.6 Å². The van der Waals surface area contributed by atoms with Crippen molar-refractivity contribution in [2.75, 3.05) is 38.6 Å². The van der Waals surface area contributed by atoms with Gasteiger partial charge in [0.1, 0.15) is 12.6 Å². The first-order chi connectivity index (χ1) is 12.0. The van der Waals surface area contributed by atoms with E-state index in [1.165, 1.54) is 25.7 Å². The number of hydrogen-bond acceptors (Lipinski definition) is 2. The second-order valence-electron chi connectivity index (χ2n) is 7.34. The van der Waals surface area contributed by atoms with Crippen molar-refractivity contribution >= 4 is 34.6 Å². The van der Waals surface area contributed by atoms with Crippen LogP contribution in [-0.2, 0) is 4.74 Å². The summed E-state index contributed by atoms with van der Waals surface area (Å²) in [6, 6.07) is 6.69. The van der Waals surface area contributed by atoms with E-state index < -0.39 is 0 Å². The van der Waals surface area contributed by atoms with Crippen molar-refractivity contribution in [3.63, 3.8) is 0 Å². The zero-order valence-electron chi connectivity index (χ0n) is 15.2. The number of rotatable bonds is 4. The quantitative estimate of drug-likeness (QED) is 0.783. The second-order valence-corrected chi connectivity index (χ2v) is 8.13. The summed E-state index contributed by atoms with van der Waals surface area (Å²) in [7, 11) is 2.31. The Bertz CT molecular complexity index is 598. The van der Waals surface area contributed by atoms with Gasteiger partial charge >= 0.3 is 0 Å². The zero-order chi connectivity index (χ0) is 17.8. The molecule has 2 saturated heterocycles. The Labute approximate surface area is 161 Å². The minimum atomic E-state index is 0.465. The molecule has 0 spiro atoms. The van der Waals surface area contributed by atoms with Crippen molar-refractivity contribution in [1.29, 1.82) is 0 Å². The molecule has 2 unspecified atom stereocenters. The number of hydrogen-bond donors (Lipinski definition) is 2. The summed E-state index contributed by atoms with van der Waals surface area (Å²) in [6.45, 7) is 6.11. The topological polar surface area (TPSA) is 28.9 Å². The minimum Gasteiger partial charge on any atom is -0.372 e. The van der Waals surface area contributed by atoms with Gasteiger partial charge in [-0.3, -0.25) is 0 Å². The molecule has 0 saturated carbocycles. The zero-order valence-corrected chi connectivity index (χ0v) is 16.8. The Kier molecular flexibility index (Phi) is 6.55. The van der Waals surface area contributed by atoms with Gasteiger partial charge in [-0.2, -0.15) is 0 Å². The Hall–Kier alpha value is -0.880. The SMILES string of the molecule is Cc1ccc(NC(=S)N2CCC([NH+](C)CC3CCCO3)CC2)cc1Cl. The van der Waals surface area contributed by atoms with Gasteiger partial charge in [-0.05, 0) is 49.7 Å². The van der Waals surface area contributed by atoms with E-state index >= 15 is 0 Å². The van der Waals surface area contributed by atoms with E-state index in [-0.39, 0.29) is 0 Å². The number of nitrogens with zero attached hydrogens (tertiary/aromatic N) is 1. The monoisotopic (exact) mass is 382 g/mol. The molecule has 0 bridgehead atoms. The summed E-state index contributed by atoms with van der Waals surface area (Å²) >= 11 is 11.8. The number of anilines is 1. The highest BCUT2D eigenvalue weighted by atomic mass is 35.5. The van der Waals surface area contributed by atoms with Crippen molar-refractivity contribution in [2.24, 2.45) is 0 Å². The number of piperidine rings is 1. The molecule has 3 rings (SSSR count). The number of ether oxygens (including phenoxy) is 1. The molecule has 6 heteroatoms. The van der Waals surface area contributed by atoms with Crippen LogP contribution in [0.2, 0.25) is 5.02 Å². The average Bonchev–Trinajstić information content (AvgIpc) is 3.11. The highest BCUT2D eigenvalue weighted by molar-refractivity contribution is 7.80. The van der Waals surface area contributed by atoms with E-state index in [4.69, 9.17) is 28.6 Å². The van der Waals surface area contributed by atoms with Crippen molar-refractivity contribution in [1.82, 2.24) is 4.90 Å². The van der Waals surface area contributed by atoms with Crippen LogP contribution in [0, 0.1) is 6.92 Å². The van der Waals surface area contributed by atoms with Crippen LogP contribution in [0.3, 0.4) is 0 Å². The maximum Gasteiger partial charge on any atom is 0.173 e. The lowest BCUT2D eigenvalue weighted by Gasteiger charge is -2.36.